The van der Waals surface area contributed by atoms with E-state index in [0.717, 1.165) is 39.6 Å². The molecule has 2 heterocycles. The summed E-state index contributed by atoms with van der Waals surface area (Å²) in [5.41, 5.74) is 7.62. The number of hydrogen-bond donors (Lipinski definition) is 1. The van der Waals surface area contributed by atoms with Gasteiger partial charge in [0.05, 0.1) is 26.0 Å². The van der Waals surface area contributed by atoms with E-state index in [4.69, 9.17) is 25.8 Å². The highest BCUT2D eigenvalue weighted by Gasteiger charge is 2.40. The summed E-state index contributed by atoms with van der Waals surface area (Å²) in [6.45, 7) is 0. The molecule has 2 atom stereocenters. The van der Waals surface area contributed by atoms with Crippen molar-refractivity contribution in [2.45, 2.75) is 12.3 Å². The van der Waals surface area contributed by atoms with E-state index in [1.807, 2.05) is 60.7 Å². The Morgan fingerprint density at radius 1 is 0.933 bits per heavy atom. The molecule has 0 aromatic heterocycles. The highest BCUT2D eigenvalue weighted by atomic mass is 35.5. The first-order valence-corrected chi connectivity index (χ1v) is 10.1. The monoisotopic (exact) mass is 420 g/mol. The van der Waals surface area contributed by atoms with Gasteiger partial charge in [0.25, 0.3) is 0 Å². The van der Waals surface area contributed by atoms with Crippen LogP contribution >= 0.6 is 11.6 Å². The minimum absolute atomic E-state index is 0.0271. The van der Waals surface area contributed by atoms with Crippen molar-refractivity contribution >= 4 is 17.3 Å². The molecule has 30 heavy (non-hydrogen) atoms. The maximum absolute atomic E-state index is 6.40. The predicted octanol–water partition coefficient (Wildman–Crippen LogP) is 5.35. The summed E-state index contributed by atoms with van der Waals surface area (Å²) >= 11 is 6.30. The second-order valence-corrected chi connectivity index (χ2v) is 7.64. The number of rotatable bonds is 4. The number of hydrogen-bond acceptors (Lipinski definition) is 5. The fourth-order valence-electron chi connectivity index (χ4n) is 3.91. The molecule has 0 fully saturated rings. The Hall–Kier alpha value is -3.15. The average molecular weight is 421 g/mol. The molecule has 0 saturated heterocycles. The first-order chi connectivity index (χ1) is 14.7. The van der Waals surface area contributed by atoms with Gasteiger partial charge < -0.3 is 19.6 Å². The second-order valence-electron chi connectivity index (χ2n) is 7.20. The van der Waals surface area contributed by atoms with Gasteiger partial charge in [-0.2, -0.15) is 5.01 Å². The van der Waals surface area contributed by atoms with Gasteiger partial charge in [-0.3, -0.25) is 0 Å². The molecule has 6 heteroatoms. The normalized spacial score (nSPS) is 19.8. The third-order valence-corrected chi connectivity index (χ3v) is 5.67. The van der Waals surface area contributed by atoms with Gasteiger partial charge in [0.2, 0.25) is 0 Å². The van der Waals surface area contributed by atoms with Crippen molar-refractivity contribution in [2.75, 3.05) is 14.2 Å². The Labute approximate surface area is 180 Å². The molecule has 2 aliphatic heterocycles. The van der Waals surface area contributed by atoms with Crippen molar-refractivity contribution in [3.8, 4) is 17.2 Å². The third-order valence-electron chi connectivity index (χ3n) is 5.44. The minimum atomic E-state index is -0.311. The van der Waals surface area contributed by atoms with Crippen LogP contribution in [0.2, 0.25) is 5.02 Å². The quantitative estimate of drug-likeness (QED) is 0.616. The van der Waals surface area contributed by atoms with E-state index in [2.05, 4.69) is 22.6 Å². The molecule has 2 aliphatic rings. The molecule has 0 saturated carbocycles. The van der Waals surface area contributed by atoms with Crippen LogP contribution in [0.4, 0.5) is 0 Å². The summed E-state index contributed by atoms with van der Waals surface area (Å²) in [4.78, 5) is 0. The molecule has 3 aromatic rings. The van der Waals surface area contributed by atoms with E-state index in [9.17, 15) is 0 Å². The van der Waals surface area contributed by atoms with Gasteiger partial charge in [-0.05, 0) is 48.5 Å². The standard InChI is InChI=1S/C24H21ClN2O3/c1-28-18-9-6-15(7-10-18)24-27-22(20-13-17(25)8-11-23(20)30-24)14-21(26-27)16-4-3-5-19(12-16)29-2/h3-14,22,24,26H,1-2H3. The highest BCUT2D eigenvalue weighted by Crippen LogP contribution is 2.46. The van der Waals surface area contributed by atoms with Crippen LogP contribution in [0.3, 0.4) is 0 Å². The predicted molar refractivity (Wildman–Crippen MR) is 117 cm³/mol. The Morgan fingerprint density at radius 3 is 2.50 bits per heavy atom. The third kappa shape index (κ3) is 3.26. The molecule has 5 nitrogen and oxygen atoms in total. The summed E-state index contributed by atoms with van der Waals surface area (Å²) in [5.74, 6) is 2.45. The van der Waals surface area contributed by atoms with Crippen molar-refractivity contribution in [3.63, 3.8) is 0 Å². The topological polar surface area (TPSA) is 43.0 Å². The Bertz CT molecular complexity index is 1110. The van der Waals surface area contributed by atoms with Gasteiger partial charge in [0.1, 0.15) is 17.2 Å². The van der Waals surface area contributed by atoms with Gasteiger partial charge in [0, 0.05) is 21.7 Å². The Balaban J connectivity index is 1.57. The molecule has 0 spiro atoms. The molecule has 3 aromatic carbocycles. The van der Waals surface area contributed by atoms with E-state index in [0.29, 0.717) is 5.02 Å². The zero-order chi connectivity index (χ0) is 20.7. The number of halogens is 1. The van der Waals surface area contributed by atoms with E-state index in [1.54, 1.807) is 14.2 Å². The number of hydrazine groups is 1. The number of nitrogens with one attached hydrogen (secondary N) is 1. The Morgan fingerprint density at radius 2 is 1.73 bits per heavy atom. The van der Waals surface area contributed by atoms with Gasteiger partial charge in [-0.1, -0.05) is 35.9 Å². The van der Waals surface area contributed by atoms with Crippen molar-refractivity contribution in [1.82, 2.24) is 10.4 Å². The lowest BCUT2D eigenvalue weighted by Gasteiger charge is -2.39. The van der Waals surface area contributed by atoms with Crippen molar-refractivity contribution in [1.29, 1.82) is 0 Å². The zero-order valence-corrected chi connectivity index (χ0v) is 17.4. The maximum atomic E-state index is 6.40. The van der Waals surface area contributed by atoms with Crippen LogP contribution in [0.1, 0.15) is 29.0 Å². The van der Waals surface area contributed by atoms with Crippen LogP contribution in [0.25, 0.3) is 5.70 Å². The van der Waals surface area contributed by atoms with Crippen LogP contribution in [0.15, 0.2) is 72.8 Å². The fourth-order valence-corrected chi connectivity index (χ4v) is 4.09. The molecule has 152 valence electrons. The molecular formula is C24H21ClN2O3. The maximum Gasteiger partial charge on any atom is 0.195 e. The van der Waals surface area contributed by atoms with Crippen molar-refractivity contribution in [3.05, 3.63) is 94.5 Å². The van der Waals surface area contributed by atoms with Crippen LogP contribution in [-0.4, -0.2) is 19.2 Å². The summed E-state index contributed by atoms with van der Waals surface area (Å²) in [7, 11) is 3.33. The van der Waals surface area contributed by atoms with E-state index >= 15 is 0 Å². The lowest BCUT2D eigenvalue weighted by molar-refractivity contribution is -0.0326. The fraction of sp³-hybridized carbons (Fsp3) is 0.167. The molecule has 0 bridgehead atoms. The number of nitrogens with zero attached hydrogens (tertiary/aromatic N) is 1. The summed E-state index contributed by atoms with van der Waals surface area (Å²) < 4.78 is 17.1. The smallest absolute Gasteiger partial charge is 0.195 e. The molecule has 2 unspecified atom stereocenters. The molecule has 0 radical (unpaired) electrons. The van der Waals surface area contributed by atoms with Crippen LogP contribution in [0, 0.1) is 0 Å². The lowest BCUT2D eigenvalue weighted by atomic mass is 10.0. The molecule has 0 aliphatic carbocycles. The first kappa shape index (κ1) is 18.9. The summed E-state index contributed by atoms with van der Waals surface area (Å²) in [5, 5.41) is 2.79. The number of benzene rings is 3. The van der Waals surface area contributed by atoms with E-state index < -0.39 is 0 Å². The van der Waals surface area contributed by atoms with Gasteiger partial charge in [-0.15, -0.1) is 0 Å². The molecular weight excluding hydrogens is 400 g/mol. The second kappa shape index (κ2) is 7.59. The average Bonchev–Trinajstić information content (AvgIpc) is 3.25. The SMILES string of the molecule is COc1ccc(C2Oc3ccc(Cl)cc3C3C=C(c4cccc(OC)c4)NN32)cc1. The Kier molecular flexibility index (Phi) is 4.77. The highest BCUT2D eigenvalue weighted by molar-refractivity contribution is 6.30. The van der Waals surface area contributed by atoms with Gasteiger partial charge >= 0.3 is 0 Å². The minimum Gasteiger partial charge on any atom is -0.497 e. The largest absolute Gasteiger partial charge is 0.497 e. The van der Waals surface area contributed by atoms with Crippen molar-refractivity contribution in [2.24, 2.45) is 0 Å². The molecule has 1 N–H and O–H groups in total. The van der Waals surface area contributed by atoms with Gasteiger partial charge in [0.15, 0.2) is 6.23 Å². The van der Waals surface area contributed by atoms with E-state index in [-0.39, 0.29) is 12.3 Å². The lowest BCUT2D eigenvalue weighted by Crippen LogP contribution is -2.43. The zero-order valence-electron chi connectivity index (χ0n) is 16.6. The van der Waals surface area contributed by atoms with Crippen LogP contribution < -0.4 is 19.6 Å². The number of ether oxygens (including phenoxy) is 3. The summed E-state index contributed by atoms with van der Waals surface area (Å²) in [6, 6.07) is 21.6. The van der Waals surface area contributed by atoms with Crippen LogP contribution in [0.5, 0.6) is 17.2 Å². The van der Waals surface area contributed by atoms with Crippen LogP contribution in [-0.2, 0) is 0 Å². The number of methoxy groups -OCH3 is 2. The molecule has 0 amide bonds. The van der Waals surface area contributed by atoms with Gasteiger partial charge in [-0.25, -0.2) is 0 Å². The van der Waals surface area contributed by atoms with Crippen molar-refractivity contribution < 1.29 is 14.2 Å². The van der Waals surface area contributed by atoms with E-state index in [1.165, 1.54) is 0 Å². The molecule has 5 rings (SSSR count). The first-order valence-electron chi connectivity index (χ1n) is 9.67. The number of fused-ring (bicyclic) bond motifs is 3. The summed E-state index contributed by atoms with van der Waals surface area (Å²) in [6.07, 6.45) is 1.89.